The molecule has 2 aromatic carbocycles. The zero-order valence-corrected chi connectivity index (χ0v) is 13.7. The fraction of sp³-hybridized carbons (Fsp3) is 0.200. The van der Waals surface area contributed by atoms with Crippen molar-refractivity contribution in [2.75, 3.05) is 19.5 Å². The average molecular weight is 367 g/mol. The Labute approximate surface area is 136 Å². The Morgan fingerprint density at radius 2 is 1.82 bits per heavy atom. The van der Waals surface area contributed by atoms with Crippen molar-refractivity contribution in [1.82, 2.24) is 0 Å². The number of nitrogens with one attached hydrogen (secondary N) is 1. The molecule has 0 saturated carbocycles. The molecule has 0 atom stereocenters. The van der Waals surface area contributed by atoms with Crippen LogP contribution in [0.1, 0.15) is 5.56 Å². The second kappa shape index (κ2) is 7.13. The summed E-state index contributed by atoms with van der Waals surface area (Å²) in [5.41, 5.74) is 1.48. The van der Waals surface area contributed by atoms with Gasteiger partial charge in [-0.05, 0) is 24.3 Å². The summed E-state index contributed by atoms with van der Waals surface area (Å²) < 4.78 is 11.5. The van der Waals surface area contributed by atoms with E-state index in [-0.39, 0.29) is 5.69 Å². The molecule has 0 aliphatic carbocycles. The maximum atomic E-state index is 10.9. The van der Waals surface area contributed by atoms with Gasteiger partial charge in [0.05, 0.1) is 24.8 Å². The summed E-state index contributed by atoms with van der Waals surface area (Å²) in [6.07, 6.45) is 0. The van der Waals surface area contributed by atoms with Crippen molar-refractivity contribution in [2.24, 2.45) is 0 Å². The molecule has 22 heavy (non-hydrogen) atoms. The van der Waals surface area contributed by atoms with Crippen molar-refractivity contribution in [2.45, 2.75) is 6.54 Å². The molecule has 0 saturated heterocycles. The normalized spacial score (nSPS) is 10.1. The molecule has 2 rings (SSSR count). The Morgan fingerprint density at radius 3 is 2.45 bits per heavy atom. The summed E-state index contributed by atoms with van der Waals surface area (Å²) in [6.45, 7) is 0.445. The predicted octanol–water partition coefficient (Wildman–Crippen LogP) is 3.99. The molecule has 0 spiro atoms. The SMILES string of the molecule is COc1ccc(Br)cc1CNc1cc([N+](=O)[O-])ccc1OC. The summed E-state index contributed by atoms with van der Waals surface area (Å²) in [5, 5.41) is 14.0. The van der Waals surface area contributed by atoms with Gasteiger partial charge in [0.15, 0.2) is 0 Å². The van der Waals surface area contributed by atoms with Crippen LogP contribution >= 0.6 is 15.9 Å². The second-order valence-corrected chi connectivity index (χ2v) is 5.37. The maximum absolute atomic E-state index is 10.9. The summed E-state index contributed by atoms with van der Waals surface area (Å²) >= 11 is 3.41. The van der Waals surface area contributed by atoms with Crippen molar-refractivity contribution in [3.8, 4) is 11.5 Å². The molecule has 7 heteroatoms. The van der Waals surface area contributed by atoms with Gasteiger partial charge in [-0.25, -0.2) is 0 Å². The summed E-state index contributed by atoms with van der Waals surface area (Å²) in [7, 11) is 3.12. The van der Waals surface area contributed by atoms with Crippen LogP contribution < -0.4 is 14.8 Å². The van der Waals surface area contributed by atoms with Crippen LogP contribution in [0, 0.1) is 10.1 Å². The molecule has 1 N–H and O–H groups in total. The Balaban J connectivity index is 2.25. The average Bonchev–Trinajstić information content (AvgIpc) is 2.52. The van der Waals surface area contributed by atoms with Crippen LogP contribution in [0.25, 0.3) is 0 Å². The molecule has 0 amide bonds. The predicted molar refractivity (Wildman–Crippen MR) is 87.7 cm³/mol. The minimum absolute atomic E-state index is 0.00417. The molecular formula is C15H15BrN2O4. The van der Waals surface area contributed by atoms with Crippen molar-refractivity contribution in [3.05, 3.63) is 56.5 Å². The van der Waals surface area contributed by atoms with Crippen molar-refractivity contribution in [1.29, 1.82) is 0 Å². The number of nitrogens with zero attached hydrogens (tertiary/aromatic N) is 1. The molecule has 0 bridgehead atoms. The molecule has 6 nitrogen and oxygen atoms in total. The van der Waals surface area contributed by atoms with Crippen LogP contribution in [0.4, 0.5) is 11.4 Å². The smallest absolute Gasteiger partial charge is 0.271 e. The molecule has 116 valence electrons. The van der Waals surface area contributed by atoms with Gasteiger partial charge in [-0.3, -0.25) is 10.1 Å². The van der Waals surface area contributed by atoms with Crippen molar-refractivity contribution < 1.29 is 14.4 Å². The number of hydrogen-bond acceptors (Lipinski definition) is 5. The number of non-ortho nitro benzene ring substituents is 1. The fourth-order valence-corrected chi connectivity index (χ4v) is 2.43. The molecule has 0 unspecified atom stereocenters. The van der Waals surface area contributed by atoms with E-state index >= 15 is 0 Å². The minimum Gasteiger partial charge on any atom is -0.496 e. The summed E-state index contributed by atoms with van der Waals surface area (Å²) in [6, 6.07) is 10.1. The zero-order chi connectivity index (χ0) is 16.1. The van der Waals surface area contributed by atoms with E-state index < -0.39 is 4.92 Å². The standard InChI is InChI=1S/C15H15BrN2O4/c1-21-14-5-3-11(16)7-10(14)9-17-13-8-12(18(19)20)4-6-15(13)22-2/h3-8,17H,9H2,1-2H3. The minimum atomic E-state index is -0.440. The van der Waals surface area contributed by atoms with E-state index in [1.165, 1.54) is 19.2 Å². The number of ether oxygens (including phenoxy) is 2. The van der Waals surface area contributed by atoms with Gasteiger partial charge >= 0.3 is 0 Å². The highest BCUT2D eigenvalue weighted by molar-refractivity contribution is 9.10. The third-order valence-corrected chi connectivity index (χ3v) is 3.60. The highest BCUT2D eigenvalue weighted by Gasteiger charge is 2.12. The van der Waals surface area contributed by atoms with Crippen LogP contribution in [-0.2, 0) is 6.54 Å². The van der Waals surface area contributed by atoms with Crippen molar-refractivity contribution >= 4 is 27.3 Å². The monoisotopic (exact) mass is 366 g/mol. The van der Waals surface area contributed by atoms with Gasteiger partial charge in [-0.1, -0.05) is 15.9 Å². The maximum Gasteiger partial charge on any atom is 0.271 e. The molecule has 0 heterocycles. The van der Waals surface area contributed by atoms with Gasteiger partial charge in [0.25, 0.3) is 5.69 Å². The van der Waals surface area contributed by atoms with E-state index in [0.29, 0.717) is 18.0 Å². The Bertz CT molecular complexity index is 691. The van der Waals surface area contributed by atoms with Crippen molar-refractivity contribution in [3.63, 3.8) is 0 Å². The Hall–Kier alpha value is -2.28. The lowest BCUT2D eigenvalue weighted by Crippen LogP contribution is -2.04. The van der Waals surface area contributed by atoms with Gasteiger partial charge in [0.1, 0.15) is 11.5 Å². The van der Waals surface area contributed by atoms with Gasteiger partial charge in [0.2, 0.25) is 0 Å². The molecule has 0 fully saturated rings. The van der Waals surface area contributed by atoms with E-state index in [2.05, 4.69) is 21.2 Å². The van der Waals surface area contributed by atoms with Crippen LogP contribution in [0.3, 0.4) is 0 Å². The molecule has 0 aliphatic heterocycles. The first kappa shape index (κ1) is 16.1. The van der Waals surface area contributed by atoms with Crippen LogP contribution in [0.15, 0.2) is 40.9 Å². The number of halogens is 1. The van der Waals surface area contributed by atoms with Crippen LogP contribution in [-0.4, -0.2) is 19.1 Å². The lowest BCUT2D eigenvalue weighted by Gasteiger charge is -2.13. The van der Waals surface area contributed by atoms with E-state index in [1.807, 2.05) is 18.2 Å². The third kappa shape index (κ3) is 3.67. The topological polar surface area (TPSA) is 73.6 Å². The van der Waals surface area contributed by atoms with E-state index in [1.54, 1.807) is 13.2 Å². The number of anilines is 1. The van der Waals surface area contributed by atoms with E-state index in [4.69, 9.17) is 9.47 Å². The molecule has 2 aromatic rings. The summed E-state index contributed by atoms with van der Waals surface area (Å²) in [5.74, 6) is 1.28. The molecule has 0 aromatic heterocycles. The highest BCUT2D eigenvalue weighted by atomic mass is 79.9. The molecule has 0 aliphatic rings. The van der Waals surface area contributed by atoms with E-state index in [0.717, 1.165) is 15.8 Å². The first-order valence-electron chi connectivity index (χ1n) is 6.44. The number of rotatable bonds is 6. The first-order chi connectivity index (χ1) is 10.5. The number of hydrogen-bond donors (Lipinski definition) is 1. The van der Waals surface area contributed by atoms with Gasteiger partial charge in [-0.15, -0.1) is 0 Å². The molecule has 0 radical (unpaired) electrons. The number of methoxy groups -OCH3 is 2. The lowest BCUT2D eigenvalue weighted by molar-refractivity contribution is -0.384. The number of nitro benzene ring substituents is 1. The number of nitro groups is 1. The highest BCUT2D eigenvalue weighted by Crippen LogP contribution is 2.30. The zero-order valence-electron chi connectivity index (χ0n) is 12.1. The van der Waals surface area contributed by atoms with E-state index in [9.17, 15) is 10.1 Å². The quantitative estimate of drug-likeness (QED) is 0.617. The first-order valence-corrected chi connectivity index (χ1v) is 7.23. The largest absolute Gasteiger partial charge is 0.496 e. The molecular weight excluding hydrogens is 352 g/mol. The van der Waals surface area contributed by atoms with Gasteiger partial charge < -0.3 is 14.8 Å². The van der Waals surface area contributed by atoms with Gasteiger partial charge in [-0.2, -0.15) is 0 Å². The van der Waals surface area contributed by atoms with Crippen LogP contribution in [0.2, 0.25) is 0 Å². The Morgan fingerprint density at radius 1 is 1.14 bits per heavy atom. The van der Waals surface area contributed by atoms with Gasteiger partial charge in [0, 0.05) is 28.7 Å². The second-order valence-electron chi connectivity index (χ2n) is 4.45. The Kier molecular flexibility index (Phi) is 5.21. The fourth-order valence-electron chi connectivity index (χ4n) is 2.02. The number of benzene rings is 2. The summed E-state index contributed by atoms with van der Waals surface area (Å²) in [4.78, 5) is 10.4. The van der Waals surface area contributed by atoms with Crippen LogP contribution in [0.5, 0.6) is 11.5 Å². The lowest BCUT2D eigenvalue weighted by atomic mass is 10.2. The third-order valence-electron chi connectivity index (χ3n) is 3.11.